The summed E-state index contributed by atoms with van der Waals surface area (Å²) >= 11 is 0. The molecule has 2 aromatic heterocycles. The number of amides is 1. The molecular formula is C19H21FN6O. The van der Waals surface area contributed by atoms with E-state index in [-0.39, 0.29) is 18.1 Å². The monoisotopic (exact) mass is 368 g/mol. The first-order chi connectivity index (χ1) is 13.0. The number of carbonyl (C=O) groups is 1. The first kappa shape index (κ1) is 18.5. The molecule has 3 aromatic rings. The Labute approximate surface area is 156 Å². The molecule has 0 saturated carbocycles. The van der Waals surface area contributed by atoms with Crippen molar-refractivity contribution in [2.24, 2.45) is 0 Å². The Morgan fingerprint density at radius 3 is 2.74 bits per heavy atom. The topological polar surface area (TPSA) is 84.7 Å². The van der Waals surface area contributed by atoms with E-state index in [9.17, 15) is 9.18 Å². The fourth-order valence-electron chi connectivity index (χ4n) is 2.66. The van der Waals surface area contributed by atoms with Gasteiger partial charge in [-0.2, -0.15) is 0 Å². The van der Waals surface area contributed by atoms with E-state index < -0.39 is 0 Å². The first-order valence-corrected chi connectivity index (χ1v) is 8.63. The number of aryl methyl sites for hydroxylation is 2. The predicted molar refractivity (Wildman–Crippen MR) is 100 cm³/mol. The normalized spacial score (nSPS) is 10.6. The lowest BCUT2D eigenvalue weighted by atomic mass is 10.1. The summed E-state index contributed by atoms with van der Waals surface area (Å²) in [5, 5.41) is 5.93. The van der Waals surface area contributed by atoms with Gasteiger partial charge in [0.15, 0.2) is 0 Å². The molecule has 0 saturated heterocycles. The highest BCUT2D eigenvalue weighted by Crippen LogP contribution is 2.12. The number of carbonyl (C=O) groups excluding carboxylic acids is 1. The van der Waals surface area contributed by atoms with Gasteiger partial charge in [-0.3, -0.25) is 9.36 Å². The summed E-state index contributed by atoms with van der Waals surface area (Å²) in [6, 6.07) is 8.09. The highest BCUT2D eigenvalue weighted by molar-refractivity contribution is 5.78. The van der Waals surface area contributed by atoms with Crippen molar-refractivity contribution in [2.45, 2.75) is 20.3 Å². The third kappa shape index (κ3) is 4.87. The molecule has 0 aliphatic carbocycles. The SMILES string of the molecule is Cc1nc(NCCNC(=O)Cc2ccccc2F)cc(-n2ccnc2C)n1. The van der Waals surface area contributed by atoms with Crippen LogP contribution < -0.4 is 10.6 Å². The molecule has 140 valence electrons. The van der Waals surface area contributed by atoms with E-state index >= 15 is 0 Å². The number of aromatic nitrogens is 4. The van der Waals surface area contributed by atoms with Crippen LogP contribution in [0.4, 0.5) is 10.2 Å². The molecule has 1 aromatic carbocycles. The standard InChI is InChI=1S/C19H21FN6O/c1-13-24-17(12-18(25-13)26-10-9-21-14(26)2)22-7-8-23-19(27)11-15-5-3-4-6-16(15)20/h3-6,9-10,12H,7-8,11H2,1-2H3,(H,23,27)(H,22,24,25). The van der Waals surface area contributed by atoms with E-state index in [4.69, 9.17) is 0 Å². The van der Waals surface area contributed by atoms with Gasteiger partial charge in [-0.05, 0) is 25.5 Å². The zero-order chi connectivity index (χ0) is 19.2. The van der Waals surface area contributed by atoms with Crippen LogP contribution in [0.15, 0.2) is 42.7 Å². The summed E-state index contributed by atoms with van der Waals surface area (Å²) < 4.78 is 15.4. The van der Waals surface area contributed by atoms with Crippen molar-refractivity contribution in [1.29, 1.82) is 0 Å². The third-order valence-electron chi connectivity index (χ3n) is 3.96. The summed E-state index contributed by atoms with van der Waals surface area (Å²) in [7, 11) is 0. The van der Waals surface area contributed by atoms with Gasteiger partial charge in [-0.25, -0.2) is 19.3 Å². The molecule has 0 unspecified atom stereocenters. The van der Waals surface area contributed by atoms with Gasteiger partial charge in [-0.15, -0.1) is 0 Å². The summed E-state index contributed by atoms with van der Waals surface area (Å²) in [6.07, 6.45) is 3.57. The average Bonchev–Trinajstić information content (AvgIpc) is 3.06. The number of benzene rings is 1. The molecule has 7 nitrogen and oxygen atoms in total. The highest BCUT2D eigenvalue weighted by Gasteiger charge is 2.08. The maximum atomic E-state index is 13.6. The molecule has 3 rings (SSSR count). The average molecular weight is 368 g/mol. The second-order valence-corrected chi connectivity index (χ2v) is 6.05. The Morgan fingerprint density at radius 1 is 1.19 bits per heavy atom. The Balaban J connectivity index is 1.52. The number of anilines is 1. The van der Waals surface area contributed by atoms with Crippen LogP contribution in [0.5, 0.6) is 0 Å². The minimum Gasteiger partial charge on any atom is -0.368 e. The molecule has 0 fully saturated rings. The van der Waals surface area contributed by atoms with Gasteiger partial charge in [0, 0.05) is 31.5 Å². The molecule has 27 heavy (non-hydrogen) atoms. The Morgan fingerprint density at radius 2 is 2.00 bits per heavy atom. The number of hydrogen-bond acceptors (Lipinski definition) is 5. The Kier molecular flexibility index (Phi) is 5.75. The van der Waals surface area contributed by atoms with Crippen molar-refractivity contribution in [3.63, 3.8) is 0 Å². The van der Waals surface area contributed by atoms with Crippen LogP contribution in [0, 0.1) is 19.7 Å². The fraction of sp³-hybridized carbons (Fsp3) is 0.263. The summed E-state index contributed by atoms with van der Waals surface area (Å²) in [6.45, 7) is 4.60. The van der Waals surface area contributed by atoms with Crippen molar-refractivity contribution < 1.29 is 9.18 Å². The van der Waals surface area contributed by atoms with Crippen molar-refractivity contribution >= 4 is 11.7 Å². The number of nitrogens with one attached hydrogen (secondary N) is 2. The summed E-state index contributed by atoms with van der Waals surface area (Å²) in [5.74, 6) is 2.25. The first-order valence-electron chi connectivity index (χ1n) is 8.63. The molecule has 0 spiro atoms. The second kappa shape index (κ2) is 8.39. The van der Waals surface area contributed by atoms with Crippen LogP contribution in [0.3, 0.4) is 0 Å². The minimum absolute atomic E-state index is 0.0172. The van der Waals surface area contributed by atoms with Crippen LogP contribution in [-0.4, -0.2) is 38.5 Å². The van der Waals surface area contributed by atoms with Gasteiger partial charge in [0.2, 0.25) is 5.91 Å². The molecule has 2 heterocycles. The third-order valence-corrected chi connectivity index (χ3v) is 3.96. The minimum atomic E-state index is -0.371. The number of rotatable bonds is 7. The molecule has 8 heteroatoms. The zero-order valence-corrected chi connectivity index (χ0v) is 15.2. The van der Waals surface area contributed by atoms with Crippen LogP contribution in [0.1, 0.15) is 17.2 Å². The lowest BCUT2D eigenvalue weighted by Crippen LogP contribution is -2.30. The summed E-state index contributed by atoms with van der Waals surface area (Å²) in [4.78, 5) is 24.9. The van der Waals surface area contributed by atoms with Crippen molar-refractivity contribution in [2.75, 3.05) is 18.4 Å². The van der Waals surface area contributed by atoms with Crippen molar-refractivity contribution in [3.05, 3.63) is 65.8 Å². The smallest absolute Gasteiger partial charge is 0.224 e. The van der Waals surface area contributed by atoms with E-state index in [2.05, 4.69) is 25.6 Å². The molecule has 0 atom stereocenters. The zero-order valence-electron chi connectivity index (χ0n) is 15.2. The maximum absolute atomic E-state index is 13.6. The quantitative estimate of drug-likeness (QED) is 0.625. The Hall–Kier alpha value is -3.29. The van der Waals surface area contributed by atoms with Crippen LogP contribution in [-0.2, 0) is 11.2 Å². The molecule has 2 N–H and O–H groups in total. The highest BCUT2D eigenvalue weighted by atomic mass is 19.1. The maximum Gasteiger partial charge on any atom is 0.224 e. The van der Waals surface area contributed by atoms with Crippen LogP contribution in [0.2, 0.25) is 0 Å². The van der Waals surface area contributed by atoms with Gasteiger partial charge >= 0.3 is 0 Å². The number of imidazole rings is 1. The van der Waals surface area contributed by atoms with Crippen LogP contribution in [0.25, 0.3) is 5.82 Å². The Bertz CT molecular complexity index is 939. The van der Waals surface area contributed by atoms with Crippen molar-refractivity contribution in [1.82, 2.24) is 24.8 Å². The van der Waals surface area contributed by atoms with E-state index in [0.717, 1.165) is 11.6 Å². The van der Waals surface area contributed by atoms with E-state index in [1.165, 1.54) is 6.07 Å². The van der Waals surface area contributed by atoms with Crippen LogP contribution >= 0.6 is 0 Å². The van der Waals surface area contributed by atoms with Gasteiger partial charge in [0.25, 0.3) is 0 Å². The van der Waals surface area contributed by atoms with Crippen molar-refractivity contribution in [3.8, 4) is 5.82 Å². The fourth-order valence-corrected chi connectivity index (χ4v) is 2.66. The molecule has 0 radical (unpaired) electrons. The molecule has 1 amide bonds. The van der Waals surface area contributed by atoms with Gasteiger partial charge in [0.1, 0.15) is 29.1 Å². The van der Waals surface area contributed by atoms with Gasteiger partial charge in [-0.1, -0.05) is 18.2 Å². The lowest BCUT2D eigenvalue weighted by Gasteiger charge is -2.11. The largest absolute Gasteiger partial charge is 0.368 e. The van der Waals surface area contributed by atoms with Gasteiger partial charge < -0.3 is 10.6 Å². The number of hydrogen-bond donors (Lipinski definition) is 2. The predicted octanol–water partition coefficient (Wildman–Crippen LogP) is 2.19. The van der Waals surface area contributed by atoms with Gasteiger partial charge in [0.05, 0.1) is 6.42 Å². The molecule has 0 aliphatic rings. The molecular weight excluding hydrogens is 347 g/mol. The van der Waals surface area contributed by atoms with E-state index in [1.807, 2.05) is 30.7 Å². The lowest BCUT2D eigenvalue weighted by molar-refractivity contribution is -0.120. The molecule has 0 bridgehead atoms. The number of nitrogens with zero attached hydrogens (tertiary/aromatic N) is 4. The summed E-state index contributed by atoms with van der Waals surface area (Å²) in [5.41, 5.74) is 0.384. The molecule has 0 aliphatic heterocycles. The van der Waals surface area contributed by atoms with E-state index in [1.54, 1.807) is 24.4 Å². The number of halogens is 1. The van der Waals surface area contributed by atoms with E-state index in [0.29, 0.717) is 30.3 Å². The second-order valence-electron chi connectivity index (χ2n) is 6.05.